The molecule has 246 valence electrons. The van der Waals surface area contributed by atoms with Gasteiger partial charge in [-0.2, -0.15) is 11.8 Å². The molecule has 0 aliphatic heterocycles. The number of furan rings is 1. The molecule has 1 aromatic carbocycles. The third-order valence-corrected chi connectivity index (χ3v) is 10.2. The van der Waals surface area contributed by atoms with E-state index in [9.17, 15) is 14.7 Å². The molecule has 0 spiro atoms. The number of hydrogen-bond acceptors (Lipinski definition) is 10. The van der Waals surface area contributed by atoms with E-state index in [4.69, 9.17) is 21.8 Å². The predicted molar refractivity (Wildman–Crippen MR) is 181 cm³/mol. The Morgan fingerprint density at radius 3 is 2.73 bits per heavy atom. The number of amides is 2. The van der Waals surface area contributed by atoms with E-state index >= 15 is 0 Å². The highest BCUT2D eigenvalue weighted by Crippen LogP contribution is 2.33. The molecule has 0 bridgehead atoms. The zero-order valence-electron chi connectivity index (χ0n) is 25.9. The molecule has 4 rings (SSSR count). The van der Waals surface area contributed by atoms with Crippen LogP contribution in [-0.2, 0) is 21.8 Å². The first-order chi connectivity index (χ1) is 21.6. The fourth-order valence-electron chi connectivity index (χ4n) is 5.41. The lowest BCUT2D eigenvalue weighted by atomic mass is 9.88. The molecule has 1 aliphatic carbocycles. The first-order valence-electron chi connectivity index (χ1n) is 15.4. The van der Waals surface area contributed by atoms with Gasteiger partial charge in [0.25, 0.3) is 5.91 Å². The van der Waals surface area contributed by atoms with Crippen LogP contribution in [-0.4, -0.2) is 60.6 Å². The van der Waals surface area contributed by atoms with Crippen LogP contribution in [0.3, 0.4) is 0 Å². The fraction of sp³-hybridized carbons (Fsp3) is 0.548. The predicted octanol–water partition coefficient (Wildman–Crippen LogP) is 5.24. The van der Waals surface area contributed by atoms with Crippen LogP contribution in [0.1, 0.15) is 75.7 Å². The average Bonchev–Trinajstić information content (AvgIpc) is 3.70. The Bertz CT molecular complexity index is 1370. The molecule has 5 atom stereocenters. The molecule has 1 saturated carbocycles. The number of aromatic nitrogens is 3. The number of halogens is 1. The molecule has 2 heterocycles. The van der Waals surface area contributed by atoms with Gasteiger partial charge in [-0.05, 0) is 73.1 Å². The number of rotatable bonds is 15. The summed E-state index contributed by atoms with van der Waals surface area (Å²) in [6.45, 7) is 6.50. The molecule has 45 heavy (non-hydrogen) atoms. The quantitative estimate of drug-likeness (QED) is 0.0710. The van der Waals surface area contributed by atoms with Crippen molar-refractivity contribution in [2.24, 2.45) is 11.7 Å². The zero-order chi connectivity index (χ0) is 32.3. The minimum Gasteiger partial charge on any atom is -0.468 e. The molecule has 0 radical (unpaired) electrons. The number of nitrogens with zero attached hydrogens (tertiary/aromatic N) is 2. The van der Waals surface area contributed by atoms with Crippen molar-refractivity contribution in [2.45, 2.75) is 98.9 Å². The van der Waals surface area contributed by atoms with Crippen molar-refractivity contribution in [3.63, 3.8) is 0 Å². The van der Waals surface area contributed by atoms with Crippen LogP contribution in [0.15, 0.2) is 46.2 Å². The van der Waals surface area contributed by atoms with Gasteiger partial charge >= 0.3 is 0 Å². The van der Waals surface area contributed by atoms with Crippen molar-refractivity contribution in [3.05, 3.63) is 53.5 Å². The number of anilines is 2. The molecule has 2 aromatic heterocycles. The Balaban J connectivity index is 1.23. The Morgan fingerprint density at radius 2 is 2.00 bits per heavy atom. The first-order valence-corrected chi connectivity index (χ1v) is 17.8. The second-order valence-corrected chi connectivity index (χ2v) is 14.9. The maximum absolute atomic E-state index is 12.4. The summed E-state index contributed by atoms with van der Waals surface area (Å²) in [5, 5.41) is 23.3. The number of H-pyrrole nitrogens is 1. The normalized spacial score (nSPS) is 18.7. The largest absolute Gasteiger partial charge is 0.468 e. The van der Waals surface area contributed by atoms with Gasteiger partial charge < -0.3 is 25.6 Å². The number of carbonyl (C=O) groups is 2. The topological polar surface area (TPSA) is 171 Å². The maximum Gasteiger partial charge on any atom is 0.268 e. The van der Waals surface area contributed by atoms with E-state index in [1.807, 2.05) is 24.3 Å². The molecule has 7 N–H and O–H groups in total. The number of aliphatic hydroxyl groups excluding tert-OH is 1. The van der Waals surface area contributed by atoms with Crippen LogP contribution in [0.5, 0.6) is 0 Å². The van der Waals surface area contributed by atoms with E-state index in [-0.39, 0.29) is 28.4 Å². The van der Waals surface area contributed by atoms with E-state index in [1.165, 1.54) is 22.9 Å². The number of benzene rings is 1. The summed E-state index contributed by atoms with van der Waals surface area (Å²) >= 11 is 9.43. The molecule has 1 fully saturated rings. The molecule has 3 unspecified atom stereocenters. The molecular formula is C31H44ClN7O4S2. The van der Waals surface area contributed by atoms with E-state index in [0.29, 0.717) is 35.5 Å². The molecule has 2 amide bonds. The van der Waals surface area contributed by atoms with E-state index in [2.05, 4.69) is 58.2 Å². The summed E-state index contributed by atoms with van der Waals surface area (Å²) in [5.74, 6) is 1.81. The van der Waals surface area contributed by atoms with Gasteiger partial charge in [-0.15, -0.1) is 21.8 Å². The van der Waals surface area contributed by atoms with Crippen LogP contribution in [0.4, 0.5) is 11.6 Å². The van der Waals surface area contributed by atoms with Gasteiger partial charge in [-0.1, -0.05) is 51.1 Å². The standard InChI is InChI=1S/C31H44ClN7O4S2/c1-18(2)26-20(7-5-11-25(26)34-30-35-31(39-38-30)45-17-23-10-6-13-43-23)15-19(3)44-14-12-24(33)27(40)29(42)37-36-28(41)21-8-4-9-22(32)16-21/h5-7,10-11,13,18-19,21-22,24,27,40H,4,8-9,12,14-17,33H2,1-3H3,(H,36,41)(H,37,42)(H2,34,35,38,39)/t19?,21?,22?,24-,27+/m1/s1. The lowest BCUT2D eigenvalue weighted by molar-refractivity contribution is -0.136. The molecule has 14 heteroatoms. The van der Waals surface area contributed by atoms with Gasteiger partial charge in [0.15, 0.2) is 5.16 Å². The monoisotopic (exact) mass is 677 g/mol. The molecule has 0 saturated heterocycles. The molecular weight excluding hydrogens is 634 g/mol. The lowest BCUT2D eigenvalue weighted by Crippen LogP contribution is -2.53. The second-order valence-electron chi connectivity index (χ2n) is 11.7. The minimum atomic E-state index is -1.43. The van der Waals surface area contributed by atoms with Crippen molar-refractivity contribution >= 4 is 58.6 Å². The minimum absolute atomic E-state index is 0.0299. The number of hydrazine groups is 1. The Hall–Kier alpha value is -2.71. The van der Waals surface area contributed by atoms with Crippen molar-refractivity contribution in [1.82, 2.24) is 26.0 Å². The Kier molecular flexibility index (Phi) is 13.5. The molecule has 11 nitrogen and oxygen atoms in total. The number of carbonyl (C=O) groups excluding carboxylic acids is 2. The summed E-state index contributed by atoms with van der Waals surface area (Å²) in [6.07, 6.45) is 4.59. The zero-order valence-corrected chi connectivity index (χ0v) is 28.3. The molecule has 1 aliphatic rings. The van der Waals surface area contributed by atoms with Crippen LogP contribution < -0.4 is 21.9 Å². The maximum atomic E-state index is 12.4. The van der Waals surface area contributed by atoms with Crippen molar-refractivity contribution in [3.8, 4) is 0 Å². The fourth-order valence-corrected chi connectivity index (χ4v) is 7.59. The smallest absolute Gasteiger partial charge is 0.268 e. The Labute approximate surface area is 278 Å². The summed E-state index contributed by atoms with van der Waals surface area (Å²) in [4.78, 5) is 28.0. The van der Waals surface area contributed by atoms with Crippen molar-refractivity contribution in [1.29, 1.82) is 0 Å². The summed E-state index contributed by atoms with van der Waals surface area (Å²) in [7, 11) is 0. The van der Waals surface area contributed by atoms with Crippen LogP contribution in [0.25, 0.3) is 0 Å². The van der Waals surface area contributed by atoms with Crippen molar-refractivity contribution < 1.29 is 19.1 Å². The van der Waals surface area contributed by atoms with Gasteiger partial charge in [0.05, 0.1) is 12.0 Å². The number of hydrogen-bond donors (Lipinski definition) is 6. The summed E-state index contributed by atoms with van der Waals surface area (Å²) in [6, 6.07) is 9.27. The SMILES string of the molecule is CC(Cc1cccc(Nc2nnc(SCc3ccco3)[nH]2)c1C(C)C)SCC[C@@H](N)[C@H](O)C(=O)NNC(=O)C1CCCC(Cl)C1. The van der Waals surface area contributed by atoms with Crippen molar-refractivity contribution in [2.75, 3.05) is 11.1 Å². The third kappa shape index (κ3) is 10.7. The third-order valence-electron chi connectivity index (χ3n) is 7.75. The number of alkyl halides is 1. The molecule has 3 aromatic rings. The highest BCUT2D eigenvalue weighted by molar-refractivity contribution is 7.99. The van der Waals surface area contributed by atoms with Gasteiger partial charge in [0.2, 0.25) is 11.9 Å². The van der Waals surface area contributed by atoms with Gasteiger partial charge in [0, 0.05) is 28.3 Å². The van der Waals surface area contributed by atoms with Gasteiger partial charge in [0.1, 0.15) is 11.9 Å². The van der Waals surface area contributed by atoms with E-state index < -0.39 is 18.1 Å². The van der Waals surface area contributed by atoms with E-state index in [1.54, 1.807) is 18.0 Å². The van der Waals surface area contributed by atoms with Gasteiger partial charge in [-0.25, -0.2) is 0 Å². The second kappa shape index (κ2) is 17.3. The summed E-state index contributed by atoms with van der Waals surface area (Å²) in [5.41, 5.74) is 14.3. The highest BCUT2D eigenvalue weighted by atomic mass is 35.5. The number of aliphatic hydroxyl groups is 1. The Morgan fingerprint density at radius 1 is 1.18 bits per heavy atom. The first kappa shape index (κ1) is 35.1. The number of thioether (sulfide) groups is 2. The van der Waals surface area contributed by atoms with E-state index in [0.717, 1.165) is 37.1 Å². The number of nitrogens with two attached hydrogens (primary N) is 1. The number of aromatic amines is 1. The lowest BCUT2D eigenvalue weighted by Gasteiger charge is -2.25. The van der Waals surface area contributed by atoms with Crippen LogP contribution in [0, 0.1) is 5.92 Å². The van der Waals surface area contributed by atoms with Crippen LogP contribution in [0.2, 0.25) is 0 Å². The van der Waals surface area contributed by atoms with Gasteiger partial charge in [-0.3, -0.25) is 20.4 Å². The van der Waals surface area contributed by atoms with Crippen LogP contribution >= 0.6 is 35.1 Å². The summed E-state index contributed by atoms with van der Waals surface area (Å²) < 4.78 is 5.39. The highest BCUT2D eigenvalue weighted by Gasteiger charge is 2.28. The average molecular weight is 678 g/mol. The number of nitrogens with one attached hydrogen (secondary N) is 4.